The van der Waals surface area contributed by atoms with Crippen molar-refractivity contribution in [1.29, 1.82) is 0 Å². The number of ether oxygens (including phenoxy) is 3. The first-order chi connectivity index (χ1) is 22.8. The second kappa shape index (κ2) is 13.5. The molecule has 47 heavy (non-hydrogen) atoms. The van der Waals surface area contributed by atoms with Gasteiger partial charge in [-0.05, 0) is 74.7 Å². The van der Waals surface area contributed by atoms with E-state index in [9.17, 15) is 19.5 Å². The van der Waals surface area contributed by atoms with E-state index in [0.29, 0.717) is 68.4 Å². The number of carbonyl (C=O) groups is 3. The molecule has 0 aromatic heterocycles. The quantitative estimate of drug-likeness (QED) is 0.268. The van der Waals surface area contributed by atoms with E-state index in [-0.39, 0.29) is 24.3 Å². The molecule has 0 saturated carbocycles. The summed E-state index contributed by atoms with van der Waals surface area (Å²) < 4.78 is 18.1. The smallest absolute Gasteiger partial charge is 0.253 e. The number of amides is 3. The molecule has 3 amide bonds. The molecule has 0 radical (unpaired) electrons. The van der Waals surface area contributed by atoms with Crippen LogP contribution in [0.1, 0.15) is 46.0 Å². The highest BCUT2D eigenvalue weighted by Gasteiger charge is 2.75. The van der Waals surface area contributed by atoms with Crippen LogP contribution >= 0.6 is 0 Å². The summed E-state index contributed by atoms with van der Waals surface area (Å²) in [6.07, 6.45) is 11.1. The van der Waals surface area contributed by atoms with Crippen molar-refractivity contribution in [3.05, 3.63) is 72.8 Å². The number of anilines is 2. The van der Waals surface area contributed by atoms with Crippen molar-refractivity contribution < 1.29 is 33.7 Å². The number of carbonyl (C=O) groups excluding carboxylic acids is 3. The number of fused-ring (bicyclic) bond motifs is 2. The Hall–Kier alpha value is -4.15. The Bertz CT molecular complexity index is 1520. The predicted octanol–water partition coefficient (Wildman–Crippen LogP) is 4.51. The lowest BCUT2D eigenvalue weighted by atomic mass is 9.73. The number of unbranched alkanes of at least 4 members (excludes halogenated alkanes) is 3. The molecule has 1 N–H and O–H groups in total. The third-order valence-corrected chi connectivity index (χ3v) is 10.1. The molecule has 5 atom stereocenters. The molecule has 10 nitrogen and oxygen atoms in total. The van der Waals surface area contributed by atoms with Crippen molar-refractivity contribution in [3.8, 4) is 11.5 Å². The van der Waals surface area contributed by atoms with Crippen molar-refractivity contribution in [2.24, 2.45) is 11.8 Å². The van der Waals surface area contributed by atoms with Crippen molar-refractivity contribution in [3.63, 3.8) is 0 Å². The fourth-order valence-electron chi connectivity index (χ4n) is 7.86. The lowest BCUT2D eigenvalue weighted by molar-refractivity contribution is -0.145. The minimum Gasteiger partial charge on any atom is -0.497 e. The molecule has 4 aliphatic heterocycles. The maximum atomic E-state index is 14.8. The van der Waals surface area contributed by atoms with Gasteiger partial charge in [0.1, 0.15) is 23.1 Å². The van der Waals surface area contributed by atoms with Crippen LogP contribution in [0.2, 0.25) is 0 Å². The lowest BCUT2D eigenvalue weighted by Gasteiger charge is -2.38. The highest BCUT2D eigenvalue weighted by atomic mass is 16.5. The highest BCUT2D eigenvalue weighted by Crippen LogP contribution is 2.59. The van der Waals surface area contributed by atoms with Gasteiger partial charge in [-0.3, -0.25) is 14.4 Å². The van der Waals surface area contributed by atoms with Gasteiger partial charge in [0, 0.05) is 37.6 Å². The number of aliphatic hydroxyl groups excluding tert-OH is 1. The molecule has 10 heteroatoms. The molecule has 0 bridgehead atoms. The number of hydrogen-bond donors (Lipinski definition) is 1. The Kier molecular flexibility index (Phi) is 9.43. The molecular formula is C37H45N3O7. The standard InChI is InChI=1S/C37H45N3O7/c1-4-36-20-10-23-38(26-14-18-29(19-15-26)46-5-2)33(42)30(36)31-34(43)40(22-8-6-7-9-25-41)32-35(44)39(24-11-21-37(31,32)47-36)27-12-16-28(45-3)17-13-27/h10-21,30-32,41H,4-9,22-25H2,1-3H3/t30-,31+,32?,36+,37+/m1/s1. The van der Waals surface area contributed by atoms with E-state index in [1.165, 1.54) is 0 Å². The Morgan fingerprint density at radius 2 is 1.40 bits per heavy atom. The molecule has 0 aliphatic carbocycles. The third kappa shape index (κ3) is 5.61. The van der Waals surface area contributed by atoms with Crippen LogP contribution in [-0.4, -0.2) is 84.9 Å². The van der Waals surface area contributed by atoms with Gasteiger partial charge in [0.25, 0.3) is 5.91 Å². The summed E-state index contributed by atoms with van der Waals surface area (Å²) in [5.41, 5.74) is -1.01. The molecule has 1 spiro atoms. The molecule has 4 aliphatic rings. The number of nitrogens with zero attached hydrogens (tertiary/aromatic N) is 3. The van der Waals surface area contributed by atoms with Crippen LogP contribution in [0.3, 0.4) is 0 Å². The maximum absolute atomic E-state index is 14.8. The van der Waals surface area contributed by atoms with Crippen LogP contribution in [0, 0.1) is 11.8 Å². The molecule has 2 fully saturated rings. The van der Waals surface area contributed by atoms with Gasteiger partial charge in [-0.1, -0.05) is 44.1 Å². The summed E-state index contributed by atoms with van der Waals surface area (Å²) in [5, 5.41) is 9.27. The Labute approximate surface area is 276 Å². The molecule has 4 heterocycles. The van der Waals surface area contributed by atoms with Gasteiger partial charge >= 0.3 is 0 Å². The first kappa shape index (κ1) is 32.8. The van der Waals surface area contributed by atoms with Crippen LogP contribution in [0.5, 0.6) is 11.5 Å². The van der Waals surface area contributed by atoms with Crippen LogP contribution in [0.15, 0.2) is 72.8 Å². The average Bonchev–Trinajstić information content (AvgIpc) is 3.37. The lowest BCUT2D eigenvalue weighted by Crippen LogP contribution is -2.56. The maximum Gasteiger partial charge on any atom is 0.253 e. The summed E-state index contributed by atoms with van der Waals surface area (Å²) in [5.74, 6) is -1.01. The van der Waals surface area contributed by atoms with Gasteiger partial charge in [0.15, 0.2) is 0 Å². The summed E-state index contributed by atoms with van der Waals surface area (Å²) >= 11 is 0. The van der Waals surface area contributed by atoms with Crippen molar-refractivity contribution >= 4 is 29.1 Å². The van der Waals surface area contributed by atoms with E-state index in [1.54, 1.807) is 21.8 Å². The number of aliphatic hydroxyl groups is 1. The highest BCUT2D eigenvalue weighted by molar-refractivity contribution is 6.07. The SMILES string of the molecule is CCOc1ccc(N2CC=C[C@]3(CC)O[C@]45C=CCN(c6ccc(OC)cc6)C(=O)C4N(CCCCCCO)C(=O)[C@@H]5[C@@H]3C2=O)cc1. The van der Waals surface area contributed by atoms with Gasteiger partial charge in [0.05, 0.1) is 31.2 Å². The Morgan fingerprint density at radius 1 is 0.787 bits per heavy atom. The first-order valence-electron chi connectivity index (χ1n) is 16.8. The van der Waals surface area contributed by atoms with E-state index < -0.39 is 29.1 Å². The van der Waals surface area contributed by atoms with Crippen LogP contribution in [0.25, 0.3) is 0 Å². The van der Waals surface area contributed by atoms with Gasteiger partial charge < -0.3 is 34.0 Å². The minimum atomic E-state index is -1.33. The van der Waals surface area contributed by atoms with Crippen LogP contribution in [-0.2, 0) is 19.1 Å². The van der Waals surface area contributed by atoms with E-state index >= 15 is 0 Å². The zero-order chi connectivity index (χ0) is 33.2. The average molecular weight is 644 g/mol. The second-order valence-corrected chi connectivity index (χ2v) is 12.6. The van der Waals surface area contributed by atoms with E-state index in [1.807, 2.05) is 86.7 Å². The predicted molar refractivity (Wildman–Crippen MR) is 178 cm³/mol. The van der Waals surface area contributed by atoms with Crippen LogP contribution < -0.4 is 19.3 Å². The summed E-state index contributed by atoms with van der Waals surface area (Å²) in [6.45, 7) is 5.53. The van der Waals surface area contributed by atoms with E-state index in [4.69, 9.17) is 14.2 Å². The van der Waals surface area contributed by atoms with Crippen molar-refractivity contribution in [2.45, 2.75) is 63.2 Å². The van der Waals surface area contributed by atoms with Crippen LogP contribution in [0.4, 0.5) is 11.4 Å². The van der Waals surface area contributed by atoms with E-state index in [0.717, 1.165) is 12.8 Å². The van der Waals surface area contributed by atoms with Gasteiger partial charge in [-0.25, -0.2) is 0 Å². The van der Waals surface area contributed by atoms with E-state index in [2.05, 4.69) is 0 Å². The molecule has 2 saturated heterocycles. The number of benzene rings is 2. The summed E-state index contributed by atoms with van der Waals surface area (Å²) in [6, 6.07) is 13.8. The molecular weight excluding hydrogens is 598 g/mol. The molecule has 250 valence electrons. The summed E-state index contributed by atoms with van der Waals surface area (Å²) in [4.78, 5) is 49.3. The number of methoxy groups -OCH3 is 1. The molecule has 2 aromatic carbocycles. The summed E-state index contributed by atoms with van der Waals surface area (Å²) in [7, 11) is 1.59. The molecule has 6 rings (SSSR count). The van der Waals surface area contributed by atoms with Gasteiger partial charge in [0.2, 0.25) is 11.8 Å². The largest absolute Gasteiger partial charge is 0.497 e. The molecule has 2 aromatic rings. The van der Waals surface area contributed by atoms with Gasteiger partial charge in [-0.2, -0.15) is 0 Å². The number of rotatable bonds is 12. The third-order valence-electron chi connectivity index (χ3n) is 10.1. The first-order valence-corrected chi connectivity index (χ1v) is 16.8. The second-order valence-electron chi connectivity index (χ2n) is 12.6. The zero-order valence-corrected chi connectivity index (χ0v) is 27.5. The topological polar surface area (TPSA) is 109 Å². The fourth-order valence-corrected chi connectivity index (χ4v) is 7.86. The number of hydrogen-bond acceptors (Lipinski definition) is 7. The van der Waals surface area contributed by atoms with Crippen molar-refractivity contribution in [1.82, 2.24) is 4.90 Å². The fraction of sp³-hybridized carbons (Fsp3) is 0.486. The van der Waals surface area contributed by atoms with Crippen molar-refractivity contribution in [2.75, 3.05) is 49.8 Å². The Balaban J connectivity index is 1.41. The monoisotopic (exact) mass is 643 g/mol. The number of likely N-dealkylation sites (tertiary alicyclic amines) is 1. The zero-order valence-electron chi connectivity index (χ0n) is 27.5. The Morgan fingerprint density at radius 3 is 2.02 bits per heavy atom. The minimum absolute atomic E-state index is 0.117. The normalized spacial score (nSPS) is 28.2. The van der Waals surface area contributed by atoms with Gasteiger partial charge in [-0.15, -0.1) is 0 Å². The molecule has 1 unspecified atom stereocenters.